The number of nitrogens with one attached hydrogen (secondary N) is 1. The number of morpholine rings is 1. The van der Waals surface area contributed by atoms with E-state index in [9.17, 15) is 4.79 Å². The highest BCUT2D eigenvalue weighted by Gasteiger charge is 2.27. The van der Waals surface area contributed by atoms with Gasteiger partial charge in [-0.3, -0.25) is 9.69 Å². The maximum absolute atomic E-state index is 12.4. The predicted molar refractivity (Wildman–Crippen MR) is 85.6 cm³/mol. The predicted octanol–water partition coefficient (Wildman–Crippen LogP) is 2.36. The number of nitrogens with two attached hydrogens (primary N) is 1. The fourth-order valence-electron chi connectivity index (χ4n) is 2.38. The quantitative estimate of drug-likeness (QED) is 0.838. The van der Waals surface area contributed by atoms with Crippen molar-refractivity contribution in [3.8, 4) is 0 Å². The number of carbonyl (C=O) groups excluding carboxylic acids is 1. The van der Waals surface area contributed by atoms with Crippen LogP contribution >= 0.6 is 11.6 Å². The van der Waals surface area contributed by atoms with E-state index >= 15 is 0 Å². The van der Waals surface area contributed by atoms with Crippen LogP contribution in [0.25, 0.3) is 0 Å². The molecule has 1 aliphatic rings. The van der Waals surface area contributed by atoms with Gasteiger partial charge in [-0.15, -0.1) is 0 Å². The largest absolute Gasteiger partial charge is 0.399 e. The smallest absolute Gasteiger partial charge is 0.241 e. The molecule has 2 unspecified atom stereocenters. The number of benzene rings is 1. The molecule has 0 aromatic heterocycles. The number of nitrogen functional groups attached to an aromatic ring is 1. The summed E-state index contributed by atoms with van der Waals surface area (Å²) in [7, 11) is 0. The lowest BCUT2D eigenvalue weighted by molar-refractivity contribution is -0.124. The minimum absolute atomic E-state index is 0.0709. The summed E-state index contributed by atoms with van der Waals surface area (Å²) in [4.78, 5) is 14.5. The lowest BCUT2D eigenvalue weighted by Crippen LogP contribution is -2.50. The van der Waals surface area contributed by atoms with E-state index < -0.39 is 0 Å². The van der Waals surface area contributed by atoms with Crippen LogP contribution in [0.15, 0.2) is 18.2 Å². The van der Waals surface area contributed by atoms with Gasteiger partial charge in [0.15, 0.2) is 0 Å². The summed E-state index contributed by atoms with van der Waals surface area (Å²) in [6.07, 6.45) is 1.16. The Bertz CT molecular complexity index is 510. The van der Waals surface area contributed by atoms with E-state index in [-0.39, 0.29) is 18.1 Å². The Morgan fingerprint density at radius 2 is 2.38 bits per heavy atom. The second-order valence-electron chi connectivity index (χ2n) is 5.30. The summed E-state index contributed by atoms with van der Waals surface area (Å²) in [5.41, 5.74) is 6.81. The van der Waals surface area contributed by atoms with Crippen molar-refractivity contribution >= 4 is 28.9 Å². The van der Waals surface area contributed by atoms with Crippen LogP contribution in [0.3, 0.4) is 0 Å². The van der Waals surface area contributed by atoms with Crippen molar-refractivity contribution in [2.75, 3.05) is 30.7 Å². The third-order valence-corrected chi connectivity index (χ3v) is 4.12. The number of hydrogen-bond donors (Lipinski definition) is 2. The normalized spacial score (nSPS) is 21.0. The zero-order valence-electron chi connectivity index (χ0n) is 12.4. The molecule has 1 fully saturated rings. The lowest BCUT2D eigenvalue weighted by Gasteiger charge is -2.35. The minimum atomic E-state index is -0.225. The molecule has 0 spiro atoms. The Morgan fingerprint density at radius 3 is 3.05 bits per heavy atom. The van der Waals surface area contributed by atoms with Crippen LogP contribution in [-0.4, -0.2) is 42.6 Å². The van der Waals surface area contributed by atoms with Crippen molar-refractivity contribution in [1.29, 1.82) is 0 Å². The highest BCUT2D eigenvalue weighted by molar-refractivity contribution is 6.34. The molecule has 0 aliphatic carbocycles. The van der Waals surface area contributed by atoms with Crippen LogP contribution < -0.4 is 11.1 Å². The van der Waals surface area contributed by atoms with E-state index in [4.69, 9.17) is 22.1 Å². The van der Waals surface area contributed by atoms with Gasteiger partial charge in [0.2, 0.25) is 5.91 Å². The number of nitrogens with zero attached hydrogens (tertiary/aromatic N) is 1. The Balaban J connectivity index is 1.99. The first-order valence-electron chi connectivity index (χ1n) is 7.22. The topological polar surface area (TPSA) is 67.6 Å². The van der Waals surface area contributed by atoms with Gasteiger partial charge in [0.05, 0.1) is 29.5 Å². The van der Waals surface area contributed by atoms with Crippen molar-refractivity contribution in [2.24, 2.45) is 0 Å². The van der Waals surface area contributed by atoms with Gasteiger partial charge in [0.25, 0.3) is 0 Å². The van der Waals surface area contributed by atoms with Gasteiger partial charge in [0, 0.05) is 18.8 Å². The summed E-state index contributed by atoms with van der Waals surface area (Å²) in [5.74, 6) is -0.0709. The van der Waals surface area contributed by atoms with E-state index in [0.29, 0.717) is 23.0 Å². The Hall–Kier alpha value is -1.30. The molecule has 3 N–H and O–H groups in total. The van der Waals surface area contributed by atoms with Gasteiger partial charge < -0.3 is 15.8 Å². The van der Waals surface area contributed by atoms with Gasteiger partial charge in [0.1, 0.15) is 0 Å². The first kappa shape index (κ1) is 16.1. The van der Waals surface area contributed by atoms with E-state index in [2.05, 4.69) is 17.1 Å². The van der Waals surface area contributed by atoms with Crippen LogP contribution in [0.5, 0.6) is 0 Å². The molecule has 0 bridgehead atoms. The Labute approximate surface area is 130 Å². The van der Waals surface area contributed by atoms with E-state index in [1.807, 2.05) is 6.92 Å². The first-order chi connectivity index (χ1) is 10.0. The van der Waals surface area contributed by atoms with Gasteiger partial charge >= 0.3 is 0 Å². The molecule has 1 saturated heterocycles. The van der Waals surface area contributed by atoms with Gasteiger partial charge in [-0.2, -0.15) is 0 Å². The third kappa shape index (κ3) is 4.09. The van der Waals surface area contributed by atoms with Gasteiger partial charge in [-0.25, -0.2) is 0 Å². The second-order valence-corrected chi connectivity index (χ2v) is 5.71. The standard InChI is InChI=1S/C15H22ClN3O2/c1-3-12-9-19(6-7-21-12)10(2)15(20)18-14-5-4-11(17)8-13(14)16/h4-5,8,10,12H,3,6-7,9,17H2,1-2H3,(H,18,20). The number of halogens is 1. The summed E-state index contributed by atoms with van der Waals surface area (Å²) in [6, 6.07) is 4.84. The van der Waals surface area contributed by atoms with E-state index in [1.165, 1.54) is 0 Å². The van der Waals surface area contributed by atoms with Gasteiger partial charge in [-0.05, 0) is 31.5 Å². The molecule has 1 amide bonds. The van der Waals surface area contributed by atoms with Crippen molar-refractivity contribution in [3.05, 3.63) is 23.2 Å². The van der Waals surface area contributed by atoms with Crippen molar-refractivity contribution in [3.63, 3.8) is 0 Å². The van der Waals surface area contributed by atoms with Crippen molar-refractivity contribution < 1.29 is 9.53 Å². The monoisotopic (exact) mass is 311 g/mol. The molecule has 116 valence electrons. The zero-order valence-corrected chi connectivity index (χ0v) is 13.2. The molecule has 1 aliphatic heterocycles. The maximum Gasteiger partial charge on any atom is 0.241 e. The van der Waals surface area contributed by atoms with Crippen LogP contribution in [0.4, 0.5) is 11.4 Å². The van der Waals surface area contributed by atoms with Gasteiger partial charge in [-0.1, -0.05) is 18.5 Å². The molecule has 2 atom stereocenters. The Morgan fingerprint density at radius 1 is 1.62 bits per heavy atom. The molecular formula is C15H22ClN3O2. The summed E-state index contributed by atoms with van der Waals surface area (Å²) >= 11 is 6.08. The van der Waals surface area contributed by atoms with Crippen LogP contribution in [-0.2, 0) is 9.53 Å². The van der Waals surface area contributed by atoms with Crippen LogP contribution in [0.1, 0.15) is 20.3 Å². The third-order valence-electron chi connectivity index (χ3n) is 3.80. The molecule has 1 heterocycles. The molecule has 5 nitrogen and oxygen atoms in total. The lowest BCUT2D eigenvalue weighted by atomic mass is 10.1. The summed E-state index contributed by atoms with van der Waals surface area (Å²) in [6.45, 7) is 6.20. The molecule has 21 heavy (non-hydrogen) atoms. The van der Waals surface area contributed by atoms with Crippen molar-refractivity contribution in [2.45, 2.75) is 32.4 Å². The summed E-state index contributed by atoms with van der Waals surface area (Å²) < 4.78 is 5.63. The van der Waals surface area contributed by atoms with E-state index in [1.54, 1.807) is 18.2 Å². The number of carbonyl (C=O) groups is 1. The average Bonchev–Trinajstić information content (AvgIpc) is 2.49. The molecule has 2 rings (SSSR count). The van der Waals surface area contributed by atoms with Crippen LogP contribution in [0, 0.1) is 0 Å². The molecule has 1 aromatic rings. The number of ether oxygens (including phenoxy) is 1. The fourth-order valence-corrected chi connectivity index (χ4v) is 2.61. The number of anilines is 2. The molecule has 0 saturated carbocycles. The maximum atomic E-state index is 12.4. The first-order valence-corrected chi connectivity index (χ1v) is 7.60. The van der Waals surface area contributed by atoms with Crippen molar-refractivity contribution in [1.82, 2.24) is 4.90 Å². The fraction of sp³-hybridized carbons (Fsp3) is 0.533. The van der Waals surface area contributed by atoms with Crippen LogP contribution in [0.2, 0.25) is 5.02 Å². The van der Waals surface area contributed by atoms with E-state index in [0.717, 1.165) is 19.5 Å². The average molecular weight is 312 g/mol. The Kier molecular flexibility index (Phi) is 5.45. The highest BCUT2D eigenvalue weighted by Crippen LogP contribution is 2.24. The molecule has 0 radical (unpaired) electrons. The number of hydrogen-bond acceptors (Lipinski definition) is 4. The molecular weight excluding hydrogens is 290 g/mol. The summed E-state index contributed by atoms with van der Waals surface area (Å²) in [5, 5.41) is 3.31. The SMILES string of the molecule is CCC1CN(C(C)C(=O)Nc2ccc(N)cc2Cl)CCO1. The molecule has 6 heteroatoms. The highest BCUT2D eigenvalue weighted by atomic mass is 35.5. The second kappa shape index (κ2) is 7.11. The molecule has 1 aromatic carbocycles. The zero-order chi connectivity index (χ0) is 15.4. The minimum Gasteiger partial charge on any atom is -0.399 e. The number of amides is 1. The number of rotatable bonds is 4.